The van der Waals surface area contributed by atoms with Crippen LogP contribution in [0.2, 0.25) is 0 Å². The van der Waals surface area contributed by atoms with E-state index in [4.69, 9.17) is 9.47 Å². The van der Waals surface area contributed by atoms with Crippen LogP contribution in [0.4, 0.5) is 10.5 Å². The third-order valence-electron chi connectivity index (χ3n) is 3.94. The third-order valence-corrected chi connectivity index (χ3v) is 3.94. The van der Waals surface area contributed by atoms with Crippen molar-refractivity contribution in [1.82, 2.24) is 0 Å². The molecule has 0 unspecified atom stereocenters. The summed E-state index contributed by atoms with van der Waals surface area (Å²) in [5.41, 5.74) is -0.860. The second-order valence-electron chi connectivity index (χ2n) is 6.99. The number of carboxylic acid groups (broad SMARTS) is 1. The molecule has 7 heteroatoms. The molecule has 1 amide bonds. The van der Waals surface area contributed by atoms with Crippen LogP contribution in [0.3, 0.4) is 0 Å². The molecule has 0 bridgehead atoms. The molecule has 1 fully saturated rings. The maximum absolute atomic E-state index is 11.8. The number of carboxylic acids is 1. The summed E-state index contributed by atoms with van der Waals surface area (Å²) < 4.78 is 10.5. The number of aliphatic carboxylic acids is 1. The van der Waals surface area contributed by atoms with Gasteiger partial charge in [0.15, 0.2) is 0 Å². The van der Waals surface area contributed by atoms with Crippen molar-refractivity contribution in [3.8, 4) is 5.75 Å². The molecular weight excluding hydrogens is 314 g/mol. The summed E-state index contributed by atoms with van der Waals surface area (Å²) >= 11 is 0. The molecule has 1 aromatic rings. The minimum atomic E-state index is -1.16. The molecule has 0 radical (unpaired) electrons. The van der Waals surface area contributed by atoms with Crippen LogP contribution in [-0.2, 0) is 14.9 Å². The average Bonchev–Trinajstić information content (AvgIpc) is 2.41. The maximum atomic E-state index is 11.8. The molecule has 1 aliphatic rings. The van der Waals surface area contributed by atoms with E-state index in [0.717, 1.165) is 0 Å². The first kappa shape index (κ1) is 18.1. The number of amides is 1. The molecule has 0 heterocycles. The van der Waals surface area contributed by atoms with Crippen molar-refractivity contribution in [1.29, 1.82) is 0 Å². The van der Waals surface area contributed by atoms with Crippen LogP contribution in [0, 0.1) is 0 Å². The minimum Gasteiger partial charge on any atom is -0.496 e. The molecule has 0 spiro atoms. The Morgan fingerprint density at radius 3 is 2.38 bits per heavy atom. The first-order chi connectivity index (χ1) is 11.1. The Labute approximate surface area is 140 Å². The fourth-order valence-corrected chi connectivity index (χ4v) is 2.84. The number of aliphatic hydroxyl groups is 1. The summed E-state index contributed by atoms with van der Waals surface area (Å²) in [4.78, 5) is 23.5. The van der Waals surface area contributed by atoms with E-state index in [1.807, 2.05) is 0 Å². The summed E-state index contributed by atoms with van der Waals surface area (Å²) in [7, 11) is 1.43. The molecule has 0 aromatic heterocycles. The summed E-state index contributed by atoms with van der Waals surface area (Å²) in [5, 5.41) is 21.7. The zero-order valence-electron chi connectivity index (χ0n) is 14.3. The number of ether oxygens (including phenoxy) is 2. The van der Waals surface area contributed by atoms with Crippen molar-refractivity contribution >= 4 is 17.7 Å². The highest BCUT2D eigenvalue weighted by molar-refractivity contribution is 5.87. The molecule has 1 aromatic carbocycles. The summed E-state index contributed by atoms with van der Waals surface area (Å²) in [6, 6.07) is 4.75. The zero-order chi connectivity index (χ0) is 18.1. The number of anilines is 1. The van der Waals surface area contributed by atoms with Crippen molar-refractivity contribution in [3.05, 3.63) is 23.8 Å². The molecule has 0 atom stereocenters. The van der Waals surface area contributed by atoms with Crippen molar-refractivity contribution in [2.75, 3.05) is 12.4 Å². The molecule has 24 heavy (non-hydrogen) atoms. The topological polar surface area (TPSA) is 105 Å². The first-order valence-corrected chi connectivity index (χ1v) is 7.67. The number of methoxy groups -OCH3 is 1. The lowest BCUT2D eigenvalue weighted by Crippen LogP contribution is -2.50. The first-order valence-electron chi connectivity index (χ1n) is 7.67. The molecule has 2 rings (SSSR count). The average molecular weight is 337 g/mol. The van der Waals surface area contributed by atoms with Gasteiger partial charge in [0.25, 0.3) is 0 Å². The number of carbonyl (C=O) groups is 2. The lowest BCUT2D eigenvalue weighted by molar-refractivity contribution is -0.153. The zero-order valence-corrected chi connectivity index (χ0v) is 14.3. The number of carbonyl (C=O) groups excluding carboxylic acids is 1. The van der Waals surface area contributed by atoms with Gasteiger partial charge in [-0.15, -0.1) is 0 Å². The second-order valence-corrected chi connectivity index (χ2v) is 6.99. The largest absolute Gasteiger partial charge is 0.496 e. The van der Waals surface area contributed by atoms with E-state index in [0.29, 0.717) is 17.0 Å². The number of nitrogens with one attached hydrogen (secondary N) is 1. The van der Waals surface area contributed by atoms with E-state index < -0.39 is 29.2 Å². The van der Waals surface area contributed by atoms with Gasteiger partial charge in [0.1, 0.15) is 16.8 Å². The van der Waals surface area contributed by atoms with Crippen LogP contribution in [0.25, 0.3) is 0 Å². The van der Waals surface area contributed by atoms with E-state index >= 15 is 0 Å². The Kier molecular flexibility index (Phi) is 4.75. The van der Waals surface area contributed by atoms with Gasteiger partial charge in [-0.2, -0.15) is 0 Å². The molecule has 1 saturated carbocycles. The number of aliphatic hydroxyl groups excluding tert-OH is 1. The Morgan fingerprint density at radius 1 is 1.29 bits per heavy atom. The van der Waals surface area contributed by atoms with Gasteiger partial charge in [-0.05, 0) is 39.7 Å². The number of rotatable bonds is 4. The second kappa shape index (κ2) is 6.32. The summed E-state index contributed by atoms with van der Waals surface area (Å²) in [5.74, 6) is -0.656. The standard InChI is InChI=1S/C17H23NO6/c1-16(2,3)24-15(22)18-10-5-6-12(13(7-10)23-4)17(14(20)21)8-11(19)9-17/h5-7,11,19H,8-9H2,1-4H3,(H,18,22)(H,20,21). The minimum absolute atomic E-state index is 0.136. The van der Waals surface area contributed by atoms with Crippen LogP contribution >= 0.6 is 0 Å². The smallest absolute Gasteiger partial charge is 0.412 e. The van der Waals surface area contributed by atoms with E-state index in [9.17, 15) is 19.8 Å². The van der Waals surface area contributed by atoms with E-state index in [1.165, 1.54) is 7.11 Å². The Balaban J connectivity index is 2.25. The number of benzene rings is 1. The maximum Gasteiger partial charge on any atom is 0.412 e. The molecule has 0 aliphatic heterocycles. The Hall–Kier alpha value is -2.28. The van der Waals surface area contributed by atoms with Crippen molar-refractivity contribution in [2.24, 2.45) is 0 Å². The fraction of sp³-hybridized carbons (Fsp3) is 0.529. The Morgan fingerprint density at radius 2 is 1.92 bits per heavy atom. The van der Waals surface area contributed by atoms with Gasteiger partial charge in [-0.25, -0.2) is 4.79 Å². The highest BCUT2D eigenvalue weighted by Gasteiger charge is 2.52. The monoisotopic (exact) mass is 337 g/mol. The van der Waals surface area contributed by atoms with E-state index in [-0.39, 0.29) is 12.8 Å². The predicted octanol–water partition coefficient (Wildman–Crippen LogP) is 2.52. The highest BCUT2D eigenvalue weighted by Crippen LogP contribution is 2.48. The predicted molar refractivity (Wildman–Crippen MR) is 87.4 cm³/mol. The van der Waals surface area contributed by atoms with Gasteiger partial charge in [0.05, 0.1) is 13.2 Å². The van der Waals surface area contributed by atoms with Crippen LogP contribution in [0.5, 0.6) is 5.75 Å². The summed E-state index contributed by atoms with van der Waals surface area (Å²) in [6.45, 7) is 5.28. The normalized spacial score (nSPS) is 23.1. The van der Waals surface area contributed by atoms with E-state index in [1.54, 1.807) is 39.0 Å². The van der Waals surface area contributed by atoms with Crippen molar-refractivity contribution in [2.45, 2.75) is 50.7 Å². The van der Waals surface area contributed by atoms with Gasteiger partial charge in [0.2, 0.25) is 0 Å². The van der Waals surface area contributed by atoms with Gasteiger partial charge < -0.3 is 19.7 Å². The fourth-order valence-electron chi connectivity index (χ4n) is 2.84. The van der Waals surface area contributed by atoms with Crippen LogP contribution in [0.1, 0.15) is 39.2 Å². The lowest BCUT2D eigenvalue weighted by atomic mass is 9.62. The van der Waals surface area contributed by atoms with Gasteiger partial charge in [-0.3, -0.25) is 10.1 Å². The SMILES string of the molecule is COc1cc(NC(=O)OC(C)(C)C)ccc1C1(C(=O)O)CC(O)C1. The van der Waals surface area contributed by atoms with Crippen LogP contribution in [-0.4, -0.2) is 41.1 Å². The molecular formula is C17H23NO6. The molecule has 1 aliphatic carbocycles. The van der Waals surface area contributed by atoms with E-state index in [2.05, 4.69) is 5.32 Å². The molecule has 3 N–H and O–H groups in total. The number of hydrogen-bond acceptors (Lipinski definition) is 5. The van der Waals surface area contributed by atoms with Crippen LogP contribution < -0.4 is 10.1 Å². The Bertz CT molecular complexity index is 643. The van der Waals surface area contributed by atoms with Gasteiger partial charge >= 0.3 is 12.1 Å². The lowest BCUT2D eigenvalue weighted by Gasteiger charge is -2.42. The quantitative estimate of drug-likeness (QED) is 0.780. The molecule has 0 saturated heterocycles. The van der Waals surface area contributed by atoms with Crippen molar-refractivity contribution < 1.29 is 29.3 Å². The van der Waals surface area contributed by atoms with Gasteiger partial charge in [-0.1, -0.05) is 6.07 Å². The van der Waals surface area contributed by atoms with Crippen LogP contribution in [0.15, 0.2) is 18.2 Å². The van der Waals surface area contributed by atoms with Gasteiger partial charge in [0, 0.05) is 17.3 Å². The molecule has 132 valence electrons. The van der Waals surface area contributed by atoms with Crippen molar-refractivity contribution in [3.63, 3.8) is 0 Å². The summed E-state index contributed by atoms with van der Waals surface area (Å²) in [6.07, 6.45) is -0.968. The number of hydrogen-bond donors (Lipinski definition) is 3. The highest BCUT2D eigenvalue weighted by atomic mass is 16.6. The third kappa shape index (κ3) is 3.62. The molecule has 7 nitrogen and oxygen atoms in total.